The molecule has 0 saturated carbocycles. The van der Waals surface area contributed by atoms with Gasteiger partial charge in [-0.1, -0.05) is 16.1 Å². The first-order valence-electron chi connectivity index (χ1n) is 6.21. The fraction of sp³-hybridized carbons (Fsp3) is 0.308. The zero-order valence-corrected chi connectivity index (χ0v) is 14.9. The van der Waals surface area contributed by atoms with E-state index in [1.54, 1.807) is 12.1 Å². The van der Waals surface area contributed by atoms with Crippen LogP contribution in [0, 0.1) is 0 Å². The minimum Gasteiger partial charge on any atom is -0.492 e. The van der Waals surface area contributed by atoms with Gasteiger partial charge in [0, 0.05) is 11.5 Å². The van der Waals surface area contributed by atoms with Crippen molar-refractivity contribution in [1.29, 1.82) is 0 Å². The van der Waals surface area contributed by atoms with Crippen LogP contribution < -0.4 is 9.47 Å². The van der Waals surface area contributed by atoms with E-state index < -0.39 is 5.97 Å². The number of methoxy groups -OCH3 is 1. The topological polar surface area (TPSA) is 70.5 Å². The lowest BCUT2D eigenvalue weighted by Crippen LogP contribution is -2.07. The molecule has 9 heteroatoms. The predicted octanol–water partition coefficient (Wildman–Crippen LogP) is 3.72. The number of hydrogen-bond donors (Lipinski definition) is 0. The molecule has 0 atom stereocenters. The van der Waals surface area contributed by atoms with E-state index in [-0.39, 0.29) is 6.61 Å². The van der Waals surface area contributed by atoms with Crippen LogP contribution in [0.25, 0.3) is 0 Å². The molecule has 1 aromatic carbocycles. The Morgan fingerprint density at radius 2 is 2.23 bits per heavy atom. The number of hydrogen-bond acceptors (Lipinski definition) is 7. The van der Waals surface area contributed by atoms with Crippen molar-refractivity contribution in [2.75, 3.05) is 13.7 Å². The summed E-state index contributed by atoms with van der Waals surface area (Å²) in [7, 11) is 1.53. The van der Waals surface area contributed by atoms with Crippen molar-refractivity contribution < 1.29 is 19.0 Å². The Balaban J connectivity index is 2.17. The predicted molar refractivity (Wildman–Crippen MR) is 85.9 cm³/mol. The second-order valence-corrected chi connectivity index (χ2v) is 6.20. The molecule has 0 aliphatic heterocycles. The molecular weight excluding hydrogens is 396 g/mol. The molecule has 0 fully saturated rings. The molecule has 0 aliphatic rings. The molecule has 118 valence electrons. The van der Waals surface area contributed by atoms with E-state index >= 15 is 0 Å². The lowest BCUT2D eigenvalue weighted by atomic mass is 10.2. The van der Waals surface area contributed by atoms with Gasteiger partial charge in [0.2, 0.25) is 0 Å². The highest BCUT2D eigenvalue weighted by atomic mass is 79.9. The van der Waals surface area contributed by atoms with E-state index in [2.05, 4.69) is 25.5 Å². The van der Waals surface area contributed by atoms with E-state index in [1.807, 2.05) is 6.92 Å². The van der Waals surface area contributed by atoms with Gasteiger partial charge in [0.1, 0.15) is 16.6 Å². The minimum atomic E-state index is -0.520. The van der Waals surface area contributed by atoms with Gasteiger partial charge in [-0.25, -0.2) is 4.79 Å². The van der Waals surface area contributed by atoms with Gasteiger partial charge in [-0.3, -0.25) is 0 Å². The molecule has 0 aliphatic carbocycles. The number of carbonyl (C=O) groups is 1. The van der Waals surface area contributed by atoms with E-state index in [1.165, 1.54) is 7.11 Å². The summed E-state index contributed by atoms with van der Waals surface area (Å²) in [5, 5.41) is 3.78. The zero-order chi connectivity index (χ0) is 16.1. The van der Waals surface area contributed by atoms with Crippen LogP contribution in [0.1, 0.15) is 23.0 Å². The first-order valence-corrected chi connectivity index (χ1v) is 8.15. The molecule has 0 unspecified atom stereocenters. The molecule has 6 nitrogen and oxygen atoms in total. The third kappa shape index (κ3) is 3.88. The van der Waals surface area contributed by atoms with Crippen LogP contribution in [0.2, 0.25) is 4.34 Å². The standard InChI is InChI=1S/C13H12BrClN2O4S/c1-3-20-10-5-7(4-8(14)11(10)19-2)13(18)21-6-9-12(15)22-17-16-9/h4-5H,3,6H2,1-2H3. The molecule has 22 heavy (non-hydrogen) atoms. The van der Waals surface area contributed by atoms with Crippen LogP contribution in [-0.2, 0) is 11.3 Å². The second-order valence-electron chi connectivity index (χ2n) is 3.99. The Labute approximate surface area is 144 Å². The molecule has 0 bridgehead atoms. The summed E-state index contributed by atoms with van der Waals surface area (Å²) < 4.78 is 20.6. The first-order chi connectivity index (χ1) is 10.6. The zero-order valence-electron chi connectivity index (χ0n) is 11.8. The van der Waals surface area contributed by atoms with Crippen molar-refractivity contribution in [3.05, 3.63) is 32.2 Å². The largest absolute Gasteiger partial charge is 0.492 e. The summed E-state index contributed by atoms with van der Waals surface area (Å²) in [5.74, 6) is 0.457. The lowest BCUT2D eigenvalue weighted by Gasteiger charge is -2.12. The molecule has 0 radical (unpaired) electrons. The smallest absolute Gasteiger partial charge is 0.338 e. The molecule has 1 heterocycles. The molecule has 0 N–H and O–H groups in total. The quantitative estimate of drug-likeness (QED) is 0.680. The van der Waals surface area contributed by atoms with Crippen molar-refractivity contribution >= 4 is 45.0 Å². The van der Waals surface area contributed by atoms with Crippen molar-refractivity contribution in [3.8, 4) is 11.5 Å². The SMILES string of the molecule is CCOc1cc(C(=O)OCc2nnsc2Cl)cc(Br)c1OC. The van der Waals surface area contributed by atoms with Gasteiger partial charge in [0.15, 0.2) is 11.5 Å². The van der Waals surface area contributed by atoms with Crippen molar-refractivity contribution in [1.82, 2.24) is 9.59 Å². The molecule has 2 aromatic rings. The maximum Gasteiger partial charge on any atom is 0.338 e. The van der Waals surface area contributed by atoms with Gasteiger partial charge in [0.25, 0.3) is 0 Å². The van der Waals surface area contributed by atoms with Crippen LogP contribution >= 0.6 is 39.1 Å². The number of aromatic nitrogens is 2. The summed E-state index contributed by atoms with van der Waals surface area (Å²) in [5.41, 5.74) is 0.757. The number of carbonyl (C=O) groups excluding carboxylic acids is 1. The van der Waals surface area contributed by atoms with Crippen molar-refractivity contribution in [2.24, 2.45) is 0 Å². The maximum absolute atomic E-state index is 12.1. The number of nitrogens with zero attached hydrogens (tertiary/aromatic N) is 2. The van der Waals surface area contributed by atoms with Gasteiger partial charge >= 0.3 is 5.97 Å². The molecular formula is C13H12BrClN2O4S. The Hall–Kier alpha value is -1.38. The summed E-state index contributed by atoms with van der Waals surface area (Å²) >= 11 is 10.2. The summed E-state index contributed by atoms with van der Waals surface area (Å²) in [6, 6.07) is 3.17. The fourth-order valence-corrected chi connectivity index (χ4v) is 2.85. The van der Waals surface area contributed by atoms with Gasteiger partial charge in [-0.2, -0.15) is 0 Å². The molecule has 2 rings (SSSR count). The lowest BCUT2D eigenvalue weighted by molar-refractivity contribution is 0.0467. The minimum absolute atomic E-state index is 0.0399. The Bertz CT molecular complexity index is 680. The summed E-state index contributed by atoms with van der Waals surface area (Å²) in [4.78, 5) is 12.1. The van der Waals surface area contributed by atoms with E-state index in [4.69, 9.17) is 25.8 Å². The Morgan fingerprint density at radius 1 is 1.45 bits per heavy atom. The molecule has 0 amide bonds. The van der Waals surface area contributed by atoms with Crippen LogP contribution in [0.4, 0.5) is 0 Å². The van der Waals surface area contributed by atoms with Crippen LogP contribution in [0.15, 0.2) is 16.6 Å². The normalized spacial score (nSPS) is 10.4. The van der Waals surface area contributed by atoms with Crippen molar-refractivity contribution in [2.45, 2.75) is 13.5 Å². The van der Waals surface area contributed by atoms with E-state index in [9.17, 15) is 4.79 Å². The Morgan fingerprint density at radius 3 is 2.82 bits per heavy atom. The third-order valence-corrected chi connectivity index (χ3v) is 4.17. The van der Waals surface area contributed by atoms with Gasteiger partial charge in [-0.15, -0.1) is 5.10 Å². The fourth-order valence-electron chi connectivity index (χ4n) is 1.65. The number of esters is 1. The summed E-state index contributed by atoms with van der Waals surface area (Å²) in [6.45, 7) is 2.25. The monoisotopic (exact) mass is 406 g/mol. The number of benzene rings is 1. The van der Waals surface area contributed by atoms with Gasteiger partial charge < -0.3 is 14.2 Å². The van der Waals surface area contributed by atoms with Crippen LogP contribution in [0.5, 0.6) is 11.5 Å². The average molecular weight is 408 g/mol. The summed E-state index contributed by atoms with van der Waals surface area (Å²) in [6.07, 6.45) is 0. The third-order valence-electron chi connectivity index (χ3n) is 2.60. The first kappa shape index (κ1) is 17.0. The van der Waals surface area contributed by atoms with Crippen LogP contribution in [0.3, 0.4) is 0 Å². The number of rotatable bonds is 6. The molecule has 0 saturated heterocycles. The molecule has 0 spiro atoms. The maximum atomic E-state index is 12.1. The molecule has 1 aromatic heterocycles. The Kier molecular flexibility index (Phi) is 5.98. The van der Waals surface area contributed by atoms with E-state index in [0.717, 1.165) is 11.5 Å². The number of halogens is 2. The highest BCUT2D eigenvalue weighted by Gasteiger charge is 2.17. The van der Waals surface area contributed by atoms with Crippen LogP contribution in [-0.4, -0.2) is 29.3 Å². The van der Waals surface area contributed by atoms with E-state index in [0.29, 0.717) is 38.2 Å². The second kappa shape index (κ2) is 7.75. The van der Waals surface area contributed by atoms with Gasteiger partial charge in [0.05, 0.1) is 23.8 Å². The highest BCUT2D eigenvalue weighted by molar-refractivity contribution is 9.10. The average Bonchev–Trinajstić information content (AvgIpc) is 2.90. The number of ether oxygens (including phenoxy) is 3. The highest BCUT2D eigenvalue weighted by Crippen LogP contribution is 2.36. The van der Waals surface area contributed by atoms with Crippen molar-refractivity contribution in [3.63, 3.8) is 0 Å². The van der Waals surface area contributed by atoms with Gasteiger partial charge in [-0.05, 0) is 35.0 Å².